The van der Waals surface area contributed by atoms with Crippen LogP contribution >= 0.6 is 0 Å². The van der Waals surface area contributed by atoms with Crippen molar-refractivity contribution in [3.63, 3.8) is 0 Å². The van der Waals surface area contributed by atoms with Crippen LogP contribution < -0.4 is 5.32 Å². The van der Waals surface area contributed by atoms with Crippen molar-refractivity contribution >= 4 is 5.97 Å². The second-order valence-electron chi connectivity index (χ2n) is 3.74. The second-order valence-corrected chi connectivity index (χ2v) is 3.74. The average Bonchev–Trinajstić information content (AvgIpc) is 2.28. The lowest BCUT2D eigenvalue weighted by Gasteiger charge is -2.18. The van der Waals surface area contributed by atoms with E-state index in [2.05, 4.69) is 17.0 Å². The Hall–Kier alpha value is -0.650. The lowest BCUT2D eigenvalue weighted by atomic mass is 10.1. The van der Waals surface area contributed by atoms with Crippen molar-refractivity contribution in [2.75, 3.05) is 27.4 Å². The van der Waals surface area contributed by atoms with Crippen LogP contribution in [0.15, 0.2) is 0 Å². The van der Waals surface area contributed by atoms with Crippen LogP contribution in [0.1, 0.15) is 26.2 Å². The summed E-state index contributed by atoms with van der Waals surface area (Å²) < 4.78 is 9.49. The van der Waals surface area contributed by atoms with E-state index in [0.717, 1.165) is 19.3 Å². The zero-order valence-corrected chi connectivity index (χ0v) is 10.4. The zero-order chi connectivity index (χ0) is 12.4. The van der Waals surface area contributed by atoms with Crippen LogP contribution in [0.25, 0.3) is 0 Å². The number of hydrogen-bond acceptors (Lipinski definition) is 5. The van der Waals surface area contributed by atoms with E-state index >= 15 is 0 Å². The van der Waals surface area contributed by atoms with Gasteiger partial charge in [0.2, 0.25) is 0 Å². The van der Waals surface area contributed by atoms with Gasteiger partial charge in [-0.3, -0.25) is 4.79 Å². The van der Waals surface area contributed by atoms with Crippen LogP contribution in [0.4, 0.5) is 0 Å². The van der Waals surface area contributed by atoms with Gasteiger partial charge < -0.3 is 19.9 Å². The van der Waals surface area contributed by atoms with Crippen LogP contribution in [0.3, 0.4) is 0 Å². The molecule has 2 unspecified atom stereocenters. The van der Waals surface area contributed by atoms with Crippen LogP contribution in [-0.2, 0) is 14.3 Å². The molecule has 0 fully saturated rings. The first kappa shape index (κ1) is 15.3. The monoisotopic (exact) mass is 233 g/mol. The molecule has 0 rings (SSSR count). The molecular weight excluding hydrogens is 210 g/mol. The van der Waals surface area contributed by atoms with Gasteiger partial charge in [-0.25, -0.2) is 0 Å². The Kier molecular flexibility index (Phi) is 9.18. The molecule has 5 heteroatoms. The highest BCUT2D eigenvalue weighted by Crippen LogP contribution is 2.02. The van der Waals surface area contributed by atoms with Crippen molar-refractivity contribution in [1.82, 2.24) is 5.32 Å². The minimum atomic E-state index is -0.598. The van der Waals surface area contributed by atoms with Gasteiger partial charge in [-0.05, 0) is 6.42 Å². The van der Waals surface area contributed by atoms with E-state index in [9.17, 15) is 9.90 Å². The average molecular weight is 233 g/mol. The van der Waals surface area contributed by atoms with Crippen LogP contribution in [0, 0.1) is 0 Å². The highest BCUT2D eigenvalue weighted by Gasteiger charge is 2.18. The molecule has 0 aromatic carbocycles. The Labute approximate surface area is 97.1 Å². The molecule has 96 valence electrons. The summed E-state index contributed by atoms with van der Waals surface area (Å²) in [6.45, 7) is 2.65. The van der Waals surface area contributed by atoms with E-state index in [-0.39, 0.29) is 18.6 Å². The van der Waals surface area contributed by atoms with E-state index < -0.39 is 6.10 Å². The number of esters is 1. The fourth-order valence-electron chi connectivity index (χ4n) is 1.38. The summed E-state index contributed by atoms with van der Waals surface area (Å²) in [5.74, 6) is -0.280. The maximum absolute atomic E-state index is 11.4. The third-order valence-corrected chi connectivity index (χ3v) is 2.29. The van der Waals surface area contributed by atoms with Crippen molar-refractivity contribution in [3.05, 3.63) is 0 Å². The van der Waals surface area contributed by atoms with Crippen molar-refractivity contribution < 1.29 is 19.4 Å². The number of hydrogen-bond donors (Lipinski definition) is 2. The molecule has 0 saturated carbocycles. The maximum Gasteiger partial charge on any atom is 0.322 e. The SMILES string of the molecule is CCCCC(NCC(O)COC)C(=O)OC. The number of ether oxygens (including phenoxy) is 2. The first-order chi connectivity index (χ1) is 7.65. The molecule has 0 aliphatic carbocycles. The smallest absolute Gasteiger partial charge is 0.322 e. The van der Waals surface area contributed by atoms with Gasteiger partial charge in [0.05, 0.1) is 19.8 Å². The van der Waals surface area contributed by atoms with Gasteiger partial charge in [0.25, 0.3) is 0 Å². The highest BCUT2D eigenvalue weighted by atomic mass is 16.5. The Morgan fingerprint density at radius 1 is 1.44 bits per heavy atom. The number of unbranched alkanes of at least 4 members (excludes halogenated alkanes) is 1. The number of aliphatic hydroxyl groups excluding tert-OH is 1. The maximum atomic E-state index is 11.4. The fourth-order valence-corrected chi connectivity index (χ4v) is 1.38. The number of methoxy groups -OCH3 is 2. The lowest BCUT2D eigenvalue weighted by molar-refractivity contribution is -0.143. The van der Waals surface area contributed by atoms with E-state index in [1.165, 1.54) is 14.2 Å². The highest BCUT2D eigenvalue weighted by molar-refractivity contribution is 5.75. The lowest BCUT2D eigenvalue weighted by Crippen LogP contribution is -2.42. The van der Waals surface area contributed by atoms with Gasteiger partial charge in [-0.1, -0.05) is 19.8 Å². The number of nitrogens with one attached hydrogen (secondary N) is 1. The molecule has 0 aliphatic heterocycles. The van der Waals surface area contributed by atoms with E-state index in [0.29, 0.717) is 6.54 Å². The molecule has 0 aromatic heterocycles. The van der Waals surface area contributed by atoms with Gasteiger partial charge in [-0.15, -0.1) is 0 Å². The molecular formula is C11H23NO4. The topological polar surface area (TPSA) is 67.8 Å². The van der Waals surface area contributed by atoms with E-state index in [1.807, 2.05) is 0 Å². The van der Waals surface area contributed by atoms with Crippen molar-refractivity contribution in [3.8, 4) is 0 Å². The molecule has 0 aliphatic rings. The third-order valence-electron chi connectivity index (χ3n) is 2.29. The van der Waals surface area contributed by atoms with E-state index in [4.69, 9.17) is 4.74 Å². The Bertz CT molecular complexity index is 187. The van der Waals surface area contributed by atoms with Crippen molar-refractivity contribution in [2.24, 2.45) is 0 Å². The molecule has 5 nitrogen and oxygen atoms in total. The summed E-state index contributed by atoms with van der Waals surface area (Å²) in [4.78, 5) is 11.4. The normalized spacial score (nSPS) is 14.5. The summed E-state index contributed by atoms with van der Waals surface area (Å²) in [7, 11) is 2.90. The molecule has 0 bridgehead atoms. The van der Waals surface area contributed by atoms with Gasteiger partial charge in [-0.2, -0.15) is 0 Å². The first-order valence-corrected chi connectivity index (χ1v) is 5.63. The number of carbonyl (C=O) groups excluding carboxylic acids is 1. The predicted molar refractivity (Wildman–Crippen MR) is 61.2 cm³/mol. The largest absolute Gasteiger partial charge is 0.468 e. The number of carbonyl (C=O) groups is 1. The fraction of sp³-hybridized carbons (Fsp3) is 0.909. The van der Waals surface area contributed by atoms with Crippen LogP contribution in [-0.4, -0.2) is 50.6 Å². The van der Waals surface area contributed by atoms with Crippen molar-refractivity contribution in [1.29, 1.82) is 0 Å². The number of aliphatic hydroxyl groups is 1. The molecule has 2 N–H and O–H groups in total. The molecule has 0 aromatic rings. The number of rotatable bonds is 9. The van der Waals surface area contributed by atoms with Crippen LogP contribution in [0.5, 0.6) is 0 Å². The molecule has 0 amide bonds. The van der Waals surface area contributed by atoms with Crippen LogP contribution in [0.2, 0.25) is 0 Å². The Balaban J connectivity index is 3.95. The van der Waals surface area contributed by atoms with Gasteiger partial charge in [0.15, 0.2) is 0 Å². The molecule has 0 radical (unpaired) electrons. The summed E-state index contributed by atoms with van der Waals surface area (Å²) in [5, 5.41) is 12.4. The van der Waals surface area contributed by atoms with Gasteiger partial charge in [0.1, 0.15) is 6.04 Å². The Morgan fingerprint density at radius 3 is 2.62 bits per heavy atom. The van der Waals surface area contributed by atoms with Crippen molar-refractivity contribution in [2.45, 2.75) is 38.3 Å². The minimum Gasteiger partial charge on any atom is -0.468 e. The molecule has 0 saturated heterocycles. The minimum absolute atomic E-state index is 0.259. The summed E-state index contributed by atoms with van der Waals surface area (Å²) in [6.07, 6.45) is 2.10. The standard InChI is InChI=1S/C11H23NO4/c1-4-5-6-10(11(14)16-3)12-7-9(13)8-15-2/h9-10,12-13H,4-8H2,1-3H3. The van der Waals surface area contributed by atoms with Gasteiger partial charge in [0, 0.05) is 13.7 Å². The third kappa shape index (κ3) is 6.76. The first-order valence-electron chi connectivity index (χ1n) is 5.63. The molecule has 0 spiro atoms. The Morgan fingerprint density at radius 2 is 2.12 bits per heavy atom. The summed E-state index contributed by atoms with van der Waals surface area (Å²) in [6, 6.07) is -0.337. The summed E-state index contributed by atoms with van der Waals surface area (Å²) >= 11 is 0. The predicted octanol–water partition coefficient (Wildman–Crippen LogP) is 0.315. The quantitative estimate of drug-likeness (QED) is 0.561. The van der Waals surface area contributed by atoms with Gasteiger partial charge >= 0.3 is 5.97 Å². The molecule has 0 heterocycles. The van der Waals surface area contributed by atoms with E-state index in [1.54, 1.807) is 0 Å². The summed E-state index contributed by atoms with van der Waals surface area (Å²) in [5.41, 5.74) is 0. The second kappa shape index (κ2) is 9.57. The molecule has 16 heavy (non-hydrogen) atoms. The zero-order valence-electron chi connectivity index (χ0n) is 10.4. The molecule has 2 atom stereocenters.